The lowest BCUT2D eigenvalue weighted by Crippen LogP contribution is -2.13. The Labute approximate surface area is 186 Å². The fourth-order valence-electron chi connectivity index (χ4n) is 3.56. The number of rotatable bonds is 7. The van der Waals surface area contributed by atoms with Gasteiger partial charge in [-0.25, -0.2) is 9.97 Å². The van der Waals surface area contributed by atoms with Crippen molar-refractivity contribution in [2.45, 2.75) is 17.5 Å². The highest BCUT2D eigenvalue weighted by molar-refractivity contribution is 7.98. The molecule has 9 heteroatoms. The van der Waals surface area contributed by atoms with Crippen molar-refractivity contribution in [3.63, 3.8) is 0 Å². The van der Waals surface area contributed by atoms with Gasteiger partial charge in [-0.05, 0) is 30.3 Å². The number of fused-ring (bicyclic) bond motifs is 4. The number of thiazole rings is 1. The van der Waals surface area contributed by atoms with Crippen molar-refractivity contribution < 1.29 is 9.47 Å². The zero-order valence-electron chi connectivity index (χ0n) is 17.1. The first-order valence-corrected chi connectivity index (χ1v) is 11.5. The van der Waals surface area contributed by atoms with Gasteiger partial charge in [0.2, 0.25) is 0 Å². The smallest absolute Gasteiger partial charge is 0.259 e. The first-order valence-electron chi connectivity index (χ1n) is 9.74. The van der Waals surface area contributed by atoms with Crippen LogP contribution in [-0.2, 0) is 17.0 Å². The Morgan fingerprint density at radius 3 is 2.77 bits per heavy atom. The van der Waals surface area contributed by atoms with Crippen LogP contribution in [0.3, 0.4) is 0 Å². The molecule has 0 saturated heterocycles. The molecule has 0 aliphatic heterocycles. The third-order valence-electron chi connectivity index (χ3n) is 5.04. The largest absolute Gasteiger partial charge is 0.497 e. The maximum Gasteiger partial charge on any atom is 0.259 e. The number of nitrogens with zero attached hydrogens (tertiary/aromatic N) is 4. The molecule has 0 amide bonds. The Balaban J connectivity index is 1.48. The highest BCUT2D eigenvalue weighted by atomic mass is 32.2. The van der Waals surface area contributed by atoms with E-state index in [4.69, 9.17) is 19.4 Å². The van der Waals surface area contributed by atoms with Gasteiger partial charge in [-0.15, -0.1) is 0 Å². The molecule has 31 heavy (non-hydrogen) atoms. The molecule has 0 bridgehead atoms. The molecule has 0 spiro atoms. The topological polar surface area (TPSA) is 70.7 Å². The maximum absolute atomic E-state index is 12.8. The molecule has 0 fully saturated rings. The summed E-state index contributed by atoms with van der Waals surface area (Å²) in [5.41, 5.74) is 3.52. The number of hydrogen-bond acceptors (Lipinski definition) is 7. The lowest BCUT2D eigenvalue weighted by atomic mass is 10.3. The van der Waals surface area contributed by atoms with Crippen LogP contribution in [-0.4, -0.2) is 39.8 Å². The van der Waals surface area contributed by atoms with E-state index in [2.05, 4.69) is 10.6 Å². The Kier molecular flexibility index (Phi) is 5.39. The van der Waals surface area contributed by atoms with Crippen LogP contribution < -0.4 is 10.3 Å². The summed E-state index contributed by atoms with van der Waals surface area (Å²) in [4.78, 5) is 23.0. The molecule has 0 aliphatic rings. The minimum Gasteiger partial charge on any atom is -0.497 e. The molecule has 0 unspecified atom stereocenters. The first kappa shape index (κ1) is 20.0. The summed E-state index contributed by atoms with van der Waals surface area (Å²) in [5.74, 6) is 1.32. The summed E-state index contributed by atoms with van der Waals surface area (Å²) in [6, 6.07) is 15.4. The summed E-state index contributed by atoms with van der Waals surface area (Å²) in [5, 5.41) is 0.890. The molecule has 0 N–H and O–H groups in total. The van der Waals surface area contributed by atoms with Crippen LogP contribution in [0.25, 0.3) is 26.2 Å². The van der Waals surface area contributed by atoms with Gasteiger partial charge in [-0.2, -0.15) is 0 Å². The fourth-order valence-corrected chi connectivity index (χ4v) is 5.57. The third kappa shape index (κ3) is 3.69. The van der Waals surface area contributed by atoms with Gasteiger partial charge in [0.15, 0.2) is 10.1 Å². The number of imidazole rings is 1. The number of hydrogen-bond donors (Lipinski definition) is 0. The van der Waals surface area contributed by atoms with Crippen molar-refractivity contribution >= 4 is 49.3 Å². The molecular weight excluding hydrogens is 432 g/mol. The minimum absolute atomic E-state index is 0.0788. The van der Waals surface area contributed by atoms with E-state index >= 15 is 0 Å². The molecule has 0 saturated carbocycles. The SMILES string of the molecule is COCCn1c(SCc2cc(=O)n3c(n2)sc2cc(OC)ccc23)nc2ccccc21. The second-order valence-electron chi connectivity index (χ2n) is 6.96. The van der Waals surface area contributed by atoms with Crippen LogP contribution in [0.1, 0.15) is 5.69 Å². The monoisotopic (exact) mass is 452 g/mol. The van der Waals surface area contributed by atoms with Crippen molar-refractivity contribution in [3.05, 3.63) is 64.6 Å². The number of aromatic nitrogens is 4. The van der Waals surface area contributed by atoms with E-state index in [1.165, 1.54) is 11.3 Å². The molecule has 0 atom stereocenters. The molecule has 0 radical (unpaired) electrons. The number of ether oxygens (including phenoxy) is 2. The standard InChI is InChI=1S/C22H20N4O3S2/c1-28-10-9-25-17-6-4-3-5-16(17)24-21(25)30-13-14-11-20(27)26-18-8-7-15(29-2)12-19(18)31-22(26)23-14/h3-8,11-12H,9-10,13H2,1-2H3. The molecule has 0 aliphatic carbocycles. The summed E-state index contributed by atoms with van der Waals surface area (Å²) < 4.78 is 15.3. The van der Waals surface area contributed by atoms with Crippen LogP contribution in [0.15, 0.2) is 58.5 Å². The normalized spacial score (nSPS) is 11.7. The summed E-state index contributed by atoms with van der Waals surface area (Å²) in [6.07, 6.45) is 0. The fraction of sp³-hybridized carbons (Fsp3) is 0.227. The third-order valence-corrected chi connectivity index (χ3v) is 7.05. The van der Waals surface area contributed by atoms with Crippen molar-refractivity contribution in [3.8, 4) is 5.75 Å². The van der Waals surface area contributed by atoms with Crippen LogP contribution >= 0.6 is 23.1 Å². The number of thioether (sulfide) groups is 1. The van der Waals surface area contributed by atoms with E-state index in [1.54, 1.807) is 36.4 Å². The zero-order valence-corrected chi connectivity index (χ0v) is 18.7. The predicted octanol–water partition coefficient (Wildman–Crippen LogP) is 4.21. The lowest BCUT2D eigenvalue weighted by Gasteiger charge is -2.08. The van der Waals surface area contributed by atoms with Crippen molar-refractivity contribution in [2.75, 3.05) is 20.8 Å². The number of benzene rings is 2. The van der Waals surface area contributed by atoms with Crippen LogP contribution in [0.2, 0.25) is 0 Å². The second kappa shape index (κ2) is 8.33. The lowest BCUT2D eigenvalue weighted by molar-refractivity contribution is 0.186. The predicted molar refractivity (Wildman–Crippen MR) is 125 cm³/mol. The minimum atomic E-state index is -0.0788. The quantitative estimate of drug-likeness (QED) is 0.345. The Morgan fingerprint density at radius 2 is 1.94 bits per heavy atom. The van der Waals surface area contributed by atoms with E-state index in [0.717, 1.165) is 37.8 Å². The van der Waals surface area contributed by atoms with Crippen LogP contribution in [0.4, 0.5) is 0 Å². The second-order valence-corrected chi connectivity index (χ2v) is 8.91. The van der Waals surface area contributed by atoms with Crippen molar-refractivity contribution in [2.24, 2.45) is 0 Å². The van der Waals surface area contributed by atoms with Gasteiger partial charge in [-0.1, -0.05) is 35.2 Å². The van der Waals surface area contributed by atoms with E-state index in [9.17, 15) is 4.79 Å². The Hall–Kier alpha value is -2.88. The molecule has 3 aromatic heterocycles. The van der Waals surface area contributed by atoms with Crippen LogP contribution in [0, 0.1) is 0 Å². The van der Waals surface area contributed by atoms with Gasteiger partial charge >= 0.3 is 0 Å². The van der Waals surface area contributed by atoms with Gasteiger partial charge < -0.3 is 14.0 Å². The first-order chi connectivity index (χ1) is 15.2. The number of methoxy groups -OCH3 is 2. The molecule has 3 heterocycles. The molecular formula is C22H20N4O3S2. The van der Waals surface area contributed by atoms with Crippen molar-refractivity contribution in [1.82, 2.24) is 18.9 Å². The zero-order chi connectivity index (χ0) is 21.4. The van der Waals surface area contributed by atoms with Crippen molar-refractivity contribution in [1.29, 1.82) is 0 Å². The maximum atomic E-state index is 12.8. The molecule has 158 valence electrons. The summed E-state index contributed by atoms with van der Waals surface area (Å²) in [7, 11) is 3.33. The highest BCUT2D eigenvalue weighted by Gasteiger charge is 2.14. The Morgan fingerprint density at radius 1 is 1.06 bits per heavy atom. The van der Waals surface area contributed by atoms with Gasteiger partial charge in [0.25, 0.3) is 5.56 Å². The van der Waals surface area contributed by atoms with E-state index < -0.39 is 0 Å². The van der Waals surface area contributed by atoms with E-state index in [1.807, 2.05) is 36.4 Å². The van der Waals surface area contributed by atoms with Gasteiger partial charge in [-0.3, -0.25) is 9.20 Å². The van der Waals surface area contributed by atoms with E-state index in [-0.39, 0.29) is 5.56 Å². The average molecular weight is 453 g/mol. The number of para-hydroxylation sites is 2. The summed E-state index contributed by atoms with van der Waals surface area (Å²) >= 11 is 3.06. The van der Waals surface area contributed by atoms with E-state index in [0.29, 0.717) is 23.9 Å². The molecule has 2 aromatic carbocycles. The van der Waals surface area contributed by atoms with Gasteiger partial charge in [0.05, 0.1) is 40.7 Å². The highest BCUT2D eigenvalue weighted by Crippen LogP contribution is 2.29. The molecule has 7 nitrogen and oxygen atoms in total. The van der Waals surface area contributed by atoms with Crippen LogP contribution in [0.5, 0.6) is 5.75 Å². The summed E-state index contributed by atoms with van der Waals surface area (Å²) in [6.45, 7) is 1.32. The average Bonchev–Trinajstić information content (AvgIpc) is 3.33. The van der Waals surface area contributed by atoms with Gasteiger partial charge in [0, 0.05) is 25.5 Å². The molecule has 5 aromatic rings. The molecule has 5 rings (SSSR count). The van der Waals surface area contributed by atoms with Gasteiger partial charge in [0.1, 0.15) is 5.75 Å². The Bertz CT molecular complexity index is 1450.